The van der Waals surface area contributed by atoms with E-state index in [0.29, 0.717) is 0 Å². The number of ketones is 2. The molecule has 0 aliphatic carbocycles. The van der Waals surface area contributed by atoms with Crippen molar-refractivity contribution in [1.29, 1.82) is 0 Å². The number of carbonyl (C=O) groups excluding carboxylic acids is 2. The van der Waals surface area contributed by atoms with Crippen LogP contribution in [0.2, 0.25) is 0 Å². The quantitative estimate of drug-likeness (QED) is 0.288. The largest absolute Gasteiger partial charge is 0.361 e. The first-order valence-corrected chi connectivity index (χ1v) is 11.9. The Balaban J connectivity index is 2.07. The molecule has 3 aromatic heterocycles. The maximum Gasteiger partial charge on any atom is 0.161 e. The van der Waals surface area contributed by atoms with Crippen molar-refractivity contribution < 1.29 is 9.59 Å². The Labute approximate surface area is 194 Å². The number of aromatic amines is 2. The van der Waals surface area contributed by atoms with Crippen molar-refractivity contribution in [1.82, 2.24) is 9.97 Å². The minimum absolute atomic E-state index is 0.0537. The Morgan fingerprint density at radius 2 is 1.42 bits per heavy atom. The highest BCUT2D eigenvalue weighted by molar-refractivity contribution is 9.10. The third-order valence-corrected chi connectivity index (χ3v) is 7.59. The summed E-state index contributed by atoms with van der Waals surface area (Å²) in [6.45, 7) is 11.1. The molecule has 4 rings (SSSR count). The van der Waals surface area contributed by atoms with Crippen LogP contribution in [0.1, 0.15) is 79.9 Å². The number of halogens is 1. The second kappa shape index (κ2) is 7.92. The van der Waals surface area contributed by atoms with E-state index in [4.69, 9.17) is 0 Å². The van der Waals surface area contributed by atoms with Gasteiger partial charge in [-0.05, 0) is 87.2 Å². The third kappa shape index (κ3) is 3.52. The van der Waals surface area contributed by atoms with Gasteiger partial charge in [-0.1, -0.05) is 15.9 Å². The average molecular weight is 497 g/mol. The van der Waals surface area contributed by atoms with Crippen LogP contribution in [0.25, 0.3) is 10.1 Å². The summed E-state index contributed by atoms with van der Waals surface area (Å²) < 4.78 is 2.22. The molecule has 0 fully saturated rings. The molecule has 0 saturated carbocycles. The zero-order valence-electron chi connectivity index (χ0n) is 18.5. The molecule has 0 amide bonds. The lowest BCUT2D eigenvalue weighted by atomic mass is 9.87. The van der Waals surface area contributed by atoms with Gasteiger partial charge in [0.2, 0.25) is 0 Å². The molecule has 31 heavy (non-hydrogen) atoms. The third-order valence-electron chi connectivity index (χ3n) is 6.11. The fourth-order valence-electron chi connectivity index (χ4n) is 4.88. The summed E-state index contributed by atoms with van der Waals surface area (Å²) in [5.41, 5.74) is 8.28. The first-order valence-electron chi connectivity index (χ1n) is 10.2. The van der Waals surface area contributed by atoms with E-state index < -0.39 is 0 Å². The number of fused-ring (bicyclic) bond motifs is 1. The molecule has 0 saturated heterocycles. The van der Waals surface area contributed by atoms with Gasteiger partial charge >= 0.3 is 0 Å². The lowest BCUT2D eigenvalue weighted by Gasteiger charge is -2.18. The Morgan fingerprint density at radius 3 is 1.87 bits per heavy atom. The molecule has 3 heterocycles. The summed E-state index contributed by atoms with van der Waals surface area (Å²) >= 11 is 5.32. The van der Waals surface area contributed by atoms with Crippen molar-refractivity contribution in [3.8, 4) is 0 Å². The molecule has 0 aliphatic heterocycles. The number of hydrogen-bond donors (Lipinski definition) is 2. The van der Waals surface area contributed by atoms with E-state index in [1.54, 1.807) is 25.2 Å². The predicted molar refractivity (Wildman–Crippen MR) is 131 cm³/mol. The molecule has 0 unspecified atom stereocenters. The fourth-order valence-corrected chi connectivity index (χ4v) is 6.21. The molecule has 0 radical (unpaired) electrons. The van der Waals surface area contributed by atoms with Crippen molar-refractivity contribution in [2.24, 2.45) is 0 Å². The number of aryl methyl sites for hydroxylation is 2. The Morgan fingerprint density at radius 1 is 0.903 bits per heavy atom. The van der Waals surface area contributed by atoms with Crippen molar-refractivity contribution in [2.75, 3.05) is 0 Å². The van der Waals surface area contributed by atoms with Gasteiger partial charge in [0, 0.05) is 43.1 Å². The highest BCUT2D eigenvalue weighted by Crippen LogP contribution is 2.43. The smallest absolute Gasteiger partial charge is 0.161 e. The van der Waals surface area contributed by atoms with Crippen LogP contribution < -0.4 is 0 Å². The lowest BCUT2D eigenvalue weighted by Crippen LogP contribution is -2.08. The van der Waals surface area contributed by atoms with Crippen LogP contribution >= 0.6 is 27.3 Å². The van der Waals surface area contributed by atoms with Crippen LogP contribution in [0, 0.1) is 27.7 Å². The SMILES string of the molecule is CC(=O)c1c(C)[nH]c(C(c2[nH]c(C)c(C(C)=O)c2C)c2csc3ccc(Br)cc23)c1C. The molecule has 0 aliphatic rings. The highest BCUT2D eigenvalue weighted by Gasteiger charge is 2.30. The van der Waals surface area contributed by atoms with Gasteiger partial charge in [-0.15, -0.1) is 11.3 Å². The van der Waals surface area contributed by atoms with Crippen molar-refractivity contribution in [3.63, 3.8) is 0 Å². The minimum atomic E-state index is -0.151. The molecular weight excluding hydrogens is 472 g/mol. The molecule has 0 spiro atoms. The van der Waals surface area contributed by atoms with E-state index in [9.17, 15) is 9.59 Å². The molecule has 160 valence electrons. The second-order valence-corrected chi connectivity index (χ2v) is 10.0. The van der Waals surface area contributed by atoms with Gasteiger partial charge < -0.3 is 9.97 Å². The zero-order valence-corrected chi connectivity index (χ0v) is 20.9. The molecule has 4 nitrogen and oxygen atoms in total. The van der Waals surface area contributed by atoms with Gasteiger partial charge in [0.15, 0.2) is 11.6 Å². The normalized spacial score (nSPS) is 11.6. The maximum absolute atomic E-state index is 12.3. The number of hydrogen-bond acceptors (Lipinski definition) is 3. The summed E-state index contributed by atoms with van der Waals surface area (Å²) in [5, 5.41) is 3.35. The Bertz CT molecular complexity index is 1290. The Hall–Kier alpha value is -2.44. The summed E-state index contributed by atoms with van der Waals surface area (Å²) in [6.07, 6.45) is 0. The van der Waals surface area contributed by atoms with Gasteiger partial charge in [0.05, 0.1) is 5.92 Å². The minimum Gasteiger partial charge on any atom is -0.361 e. The first-order chi connectivity index (χ1) is 14.6. The van der Waals surface area contributed by atoms with E-state index in [0.717, 1.165) is 60.5 Å². The summed E-state index contributed by atoms with van der Waals surface area (Å²) in [6, 6.07) is 6.31. The molecule has 0 bridgehead atoms. The van der Waals surface area contributed by atoms with Gasteiger partial charge in [-0.25, -0.2) is 0 Å². The number of aromatic nitrogens is 2. The lowest BCUT2D eigenvalue weighted by molar-refractivity contribution is 0.100. The summed E-state index contributed by atoms with van der Waals surface area (Å²) in [7, 11) is 0. The zero-order chi connectivity index (χ0) is 22.6. The number of thiophene rings is 1. The summed E-state index contributed by atoms with van der Waals surface area (Å²) in [5.74, 6) is -0.0439. The predicted octanol–water partition coefficient (Wildman–Crippen LogP) is 7.14. The molecule has 4 aromatic rings. The van der Waals surface area contributed by atoms with Gasteiger partial charge in [0.25, 0.3) is 0 Å². The van der Waals surface area contributed by atoms with E-state index in [1.165, 1.54) is 4.70 Å². The molecule has 1 aromatic carbocycles. The van der Waals surface area contributed by atoms with E-state index in [2.05, 4.69) is 43.4 Å². The highest BCUT2D eigenvalue weighted by atomic mass is 79.9. The van der Waals surface area contributed by atoms with Gasteiger partial charge in [-0.3, -0.25) is 9.59 Å². The number of H-pyrrole nitrogens is 2. The number of Topliss-reactive ketones (excluding diaryl/α,β-unsaturated/α-hetero) is 2. The van der Waals surface area contributed by atoms with Crippen LogP contribution in [0.15, 0.2) is 28.1 Å². The standard InChI is InChI=1S/C25H25BrN2O2S/c1-11-21(15(5)29)13(3)27-24(11)23(25-12(2)22(16(6)30)14(4)28-25)19-10-31-20-8-7-17(26)9-18(19)20/h7-10,23,27-28H,1-6H3. The fraction of sp³-hybridized carbons (Fsp3) is 0.280. The second-order valence-electron chi connectivity index (χ2n) is 8.20. The summed E-state index contributed by atoms with van der Waals surface area (Å²) in [4.78, 5) is 31.7. The average Bonchev–Trinajstić information content (AvgIpc) is 3.30. The topological polar surface area (TPSA) is 65.7 Å². The van der Waals surface area contributed by atoms with Crippen molar-refractivity contribution in [3.05, 3.63) is 78.6 Å². The number of rotatable bonds is 5. The Kier molecular flexibility index (Phi) is 5.56. The monoisotopic (exact) mass is 496 g/mol. The molecule has 2 N–H and O–H groups in total. The van der Waals surface area contributed by atoms with Crippen LogP contribution in [-0.4, -0.2) is 21.5 Å². The maximum atomic E-state index is 12.3. The number of benzene rings is 1. The van der Waals surface area contributed by atoms with Gasteiger partial charge in [0.1, 0.15) is 0 Å². The van der Waals surface area contributed by atoms with Gasteiger partial charge in [-0.2, -0.15) is 0 Å². The van der Waals surface area contributed by atoms with Crippen molar-refractivity contribution in [2.45, 2.75) is 47.5 Å². The van der Waals surface area contributed by atoms with E-state index in [-0.39, 0.29) is 17.5 Å². The van der Waals surface area contributed by atoms with Crippen LogP contribution in [0.5, 0.6) is 0 Å². The van der Waals surface area contributed by atoms with E-state index >= 15 is 0 Å². The number of nitrogens with one attached hydrogen (secondary N) is 2. The first kappa shape index (κ1) is 21.8. The van der Waals surface area contributed by atoms with Crippen LogP contribution in [0.4, 0.5) is 0 Å². The molecule has 6 heteroatoms. The van der Waals surface area contributed by atoms with Crippen molar-refractivity contribution >= 4 is 48.9 Å². The van der Waals surface area contributed by atoms with Crippen LogP contribution in [0.3, 0.4) is 0 Å². The molecular formula is C25H25BrN2O2S. The molecule has 0 atom stereocenters. The van der Waals surface area contributed by atoms with Crippen LogP contribution in [-0.2, 0) is 0 Å². The number of carbonyl (C=O) groups is 2. The van der Waals surface area contributed by atoms with E-state index in [1.807, 2.05) is 33.8 Å².